The summed E-state index contributed by atoms with van der Waals surface area (Å²) in [7, 11) is 0. The lowest BCUT2D eigenvalue weighted by Gasteiger charge is -2.16. The fourth-order valence-corrected chi connectivity index (χ4v) is 4.74. The van der Waals surface area contributed by atoms with Crippen molar-refractivity contribution in [1.29, 1.82) is 0 Å². The van der Waals surface area contributed by atoms with Crippen molar-refractivity contribution in [3.05, 3.63) is 53.6 Å². The minimum Gasteiger partial charge on any atom is -0.453 e. The zero-order chi connectivity index (χ0) is 20.1. The zero-order valence-electron chi connectivity index (χ0n) is 16.0. The van der Waals surface area contributed by atoms with E-state index in [1.165, 1.54) is 11.8 Å². The molecule has 0 aliphatic rings. The van der Waals surface area contributed by atoms with Gasteiger partial charge < -0.3 is 10.1 Å². The summed E-state index contributed by atoms with van der Waals surface area (Å²) in [6.07, 6.45) is -0.624. The van der Waals surface area contributed by atoms with Gasteiger partial charge in [0.1, 0.15) is 0 Å². The molecular weight excluding hydrogens is 392 g/mol. The number of hydrogen-bond donors (Lipinski definition) is 1. The monoisotopic (exact) mass is 414 g/mol. The highest BCUT2D eigenvalue weighted by atomic mass is 32.2. The number of rotatable bonds is 7. The number of aromatic nitrogens is 1. The highest BCUT2D eigenvalue weighted by molar-refractivity contribution is 8.01. The third kappa shape index (κ3) is 5.11. The number of para-hydroxylation sites is 2. The molecule has 3 rings (SSSR count). The molecule has 0 fully saturated rings. The van der Waals surface area contributed by atoms with E-state index in [0.29, 0.717) is 5.75 Å². The normalized spacial score (nSPS) is 12.0. The third-order valence-electron chi connectivity index (χ3n) is 4.21. The molecule has 3 aromatic rings. The van der Waals surface area contributed by atoms with Crippen LogP contribution in [0.2, 0.25) is 0 Å². The van der Waals surface area contributed by atoms with E-state index in [-0.39, 0.29) is 12.3 Å². The Kier molecular flexibility index (Phi) is 6.70. The second-order valence-electron chi connectivity index (χ2n) is 6.43. The number of fused-ring (bicyclic) bond motifs is 1. The molecule has 0 aliphatic carbocycles. The summed E-state index contributed by atoms with van der Waals surface area (Å²) in [6.45, 7) is 5.44. The van der Waals surface area contributed by atoms with E-state index in [2.05, 4.69) is 10.3 Å². The van der Waals surface area contributed by atoms with Gasteiger partial charge in [0.25, 0.3) is 5.91 Å². The van der Waals surface area contributed by atoms with Gasteiger partial charge in [0, 0.05) is 11.4 Å². The summed E-state index contributed by atoms with van der Waals surface area (Å²) in [5, 5.41) is 2.85. The van der Waals surface area contributed by atoms with Gasteiger partial charge in [-0.1, -0.05) is 42.1 Å². The smallest absolute Gasteiger partial charge is 0.307 e. The third-order valence-corrected chi connectivity index (χ3v) is 6.39. The molecule has 28 heavy (non-hydrogen) atoms. The van der Waals surface area contributed by atoms with Crippen LogP contribution in [-0.2, 0) is 14.3 Å². The Hall–Kier alpha value is -2.38. The van der Waals surface area contributed by atoms with Gasteiger partial charge in [-0.25, -0.2) is 4.98 Å². The molecule has 1 aromatic heterocycles. The average Bonchev–Trinajstić information content (AvgIpc) is 3.07. The first-order valence-electron chi connectivity index (χ1n) is 8.99. The molecule has 1 amide bonds. The van der Waals surface area contributed by atoms with E-state index >= 15 is 0 Å². The molecule has 1 atom stereocenters. The van der Waals surface area contributed by atoms with Crippen molar-refractivity contribution in [2.24, 2.45) is 0 Å². The van der Waals surface area contributed by atoms with Gasteiger partial charge in [-0.05, 0) is 44.0 Å². The van der Waals surface area contributed by atoms with Gasteiger partial charge >= 0.3 is 5.97 Å². The molecule has 0 aliphatic heterocycles. The van der Waals surface area contributed by atoms with Crippen molar-refractivity contribution >= 4 is 50.9 Å². The lowest BCUT2D eigenvalue weighted by Crippen LogP contribution is -2.30. The molecule has 0 saturated heterocycles. The summed E-state index contributed by atoms with van der Waals surface area (Å²) in [5.74, 6) is -0.161. The first-order valence-corrected chi connectivity index (χ1v) is 10.8. The van der Waals surface area contributed by atoms with Crippen molar-refractivity contribution in [3.63, 3.8) is 0 Å². The molecule has 1 N–H and O–H groups in total. The molecule has 0 unspecified atom stereocenters. The maximum absolute atomic E-state index is 12.3. The first kappa shape index (κ1) is 20.4. The van der Waals surface area contributed by atoms with E-state index in [1.54, 1.807) is 18.3 Å². The van der Waals surface area contributed by atoms with Crippen LogP contribution in [-0.4, -0.2) is 28.7 Å². The number of carbonyl (C=O) groups is 2. The number of amides is 1. The summed E-state index contributed by atoms with van der Waals surface area (Å²) in [6, 6.07) is 13.7. The van der Waals surface area contributed by atoms with Crippen LogP contribution in [0.5, 0.6) is 0 Å². The van der Waals surface area contributed by atoms with Crippen molar-refractivity contribution in [1.82, 2.24) is 4.98 Å². The Morgan fingerprint density at radius 1 is 1.14 bits per heavy atom. The minimum atomic E-state index is -0.848. The topological polar surface area (TPSA) is 68.3 Å². The van der Waals surface area contributed by atoms with E-state index in [1.807, 2.05) is 56.3 Å². The van der Waals surface area contributed by atoms with Gasteiger partial charge in [0.05, 0.1) is 16.6 Å². The summed E-state index contributed by atoms with van der Waals surface area (Å²) >= 11 is 3.13. The number of carbonyl (C=O) groups excluding carboxylic acids is 2. The minimum absolute atomic E-state index is 0.224. The fourth-order valence-electron chi connectivity index (χ4n) is 2.68. The predicted octanol–water partition coefficient (Wildman–Crippen LogP) is 4.97. The summed E-state index contributed by atoms with van der Waals surface area (Å²) < 4.78 is 7.33. The molecule has 0 saturated carbocycles. The van der Waals surface area contributed by atoms with Gasteiger partial charge in [-0.2, -0.15) is 0 Å². The van der Waals surface area contributed by atoms with E-state index in [0.717, 1.165) is 31.4 Å². The number of nitrogens with zero attached hydrogens (tertiary/aromatic N) is 1. The number of anilines is 1. The molecule has 146 valence electrons. The lowest BCUT2D eigenvalue weighted by molar-refractivity contribution is -0.152. The number of ether oxygens (including phenoxy) is 1. The van der Waals surface area contributed by atoms with Gasteiger partial charge in [0.2, 0.25) is 0 Å². The van der Waals surface area contributed by atoms with Gasteiger partial charge in [0.15, 0.2) is 10.4 Å². The average molecular weight is 415 g/mol. The molecule has 5 nitrogen and oxygen atoms in total. The fraction of sp³-hybridized carbons (Fsp3) is 0.286. The maximum atomic E-state index is 12.3. The SMILES string of the molecule is Cc1cccc(C)c1NC(=O)[C@@H](C)OC(=O)CCSc1nc2ccccc2s1. The standard InChI is InChI=1S/C21H22N2O3S2/c1-13-7-6-8-14(2)19(13)23-20(25)15(3)26-18(24)11-12-27-21-22-16-9-4-5-10-17(16)28-21/h4-10,15H,11-12H2,1-3H3,(H,23,25)/t15-/m1/s1. The number of thioether (sulfide) groups is 1. The second kappa shape index (κ2) is 9.21. The van der Waals surface area contributed by atoms with E-state index < -0.39 is 12.1 Å². The van der Waals surface area contributed by atoms with Crippen molar-refractivity contribution in [2.45, 2.75) is 37.6 Å². The Bertz CT molecular complexity index is 947. The predicted molar refractivity (Wildman–Crippen MR) is 115 cm³/mol. The molecular formula is C21H22N2O3S2. The summed E-state index contributed by atoms with van der Waals surface area (Å²) in [4.78, 5) is 28.9. The van der Waals surface area contributed by atoms with Gasteiger partial charge in [-0.3, -0.25) is 9.59 Å². The van der Waals surface area contributed by atoms with Crippen LogP contribution in [0.4, 0.5) is 5.69 Å². The van der Waals surface area contributed by atoms with Crippen molar-refractivity contribution < 1.29 is 14.3 Å². The number of benzene rings is 2. The number of hydrogen-bond acceptors (Lipinski definition) is 6. The van der Waals surface area contributed by atoms with Crippen molar-refractivity contribution in [3.8, 4) is 0 Å². The molecule has 2 aromatic carbocycles. The Morgan fingerprint density at radius 3 is 2.57 bits per heavy atom. The molecule has 0 bridgehead atoms. The van der Waals surface area contributed by atoms with Crippen LogP contribution >= 0.6 is 23.1 Å². The molecule has 1 heterocycles. The highest BCUT2D eigenvalue weighted by Gasteiger charge is 2.19. The van der Waals surface area contributed by atoms with Crippen LogP contribution in [0.3, 0.4) is 0 Å². The Morgan fingerprint density at radius 2 is 1.86 bits per heavy atom. The molecule has 0 spiro atoms. The quantitative estimate of drug-likeness (QED) is 0.437. The van der Waals surface area contributed by atoms with Crippen LogP contribution in [0.15, 0.2) is 46.8 Å². The lowest BCUT2D eigenvalue weighted by atomic mass is 10.1. The van der Waals surface area contributed by atoms with Crippen LogP contribution < -0.4 is 5.32 Å². The molecule has 7 heteroatoms. The number of esters is 1. The van der Waals surface area contributed by atoms with Crippen molar-refractivity contribution in [2.75, 3.05) is 11.1 Å². The largest absolute Gasteiger partial charge is 0.453 e. The van der Waals surface area contributed by atoms with Gasteiger partial charge in [-0.15, -0.1) is 11.3 Å². The Balaban J connectivity index is 1.46. The number of aryl methyl sites for hydroxylation is 2. The maximum Gasteiger partial charge on any atom is 0.307 e. The van der Waals surface area contributed by atoms with Crippen LogP contribution in [0.25, 0.3) is 10.2 Å². The first-order chi connectivity index (χ1) is 13.4. The van der Waals surface area contributed by atoms with Crippen LogP contribution in [0, 0.1) is 13.8 Å². The van der Waals surface area contributed by atoms with E-state index in [9.17, 15) is 9.59 Å². The number of nitrogens with one attached hydrogen (secondary N) is 1. The molecule has 0 radical (unpaired) electrons. The number of thiazole rings is 1. The Labute approximate surface area is 172 Å². The zero-order valence-corrected chi connectivity index (χ0v) is 17.7. The highest BCUT2D eigenvalue weighted by Crippen LogP contribution is 2.29. The summed E-state index contributed by atoms with van der Waals surface area (Å²) in [5.41, 5.74) is 3.68. The van der Waals surface area contributed by atoms with Crippen LogP contribution in [0.1, 0.15) is 24.5 Å². The van der Waals surface area contributed by atoms with E-state index in [4.69, 9.17) is 4.74 Å². The second-order valence-corrected chi connectivity index (χ2v) is 8.81.